The Balaban J connectivity index is 2.13. The lowest BCUT2D eigenvalue weighted by Crippen LogP contribution is -2.15. The van der Waals surface area contributed by atoms with Crippen LogP contribution in [0.2, 0.25) is 0 Å². The van der Waals surface area contributed by atoms with Crippen LogP contribution in [0, 0.1) is 6.92 Å². The van der Waals surface area contributed by atoms with Gasteiger partial charge in [0.1, 0.15) is 0 Å². The lowest BCUT2D eigenvalue weighted by Gasteiger charge is -2.00. The Kier molecular flexibility index (Phi) is 4.17. The van der Waals surface area contributed by atoms with Crippen LogP contribution < -0.4 is 4.80 Å². The highest BCUT2D eigenvalue weighted by Crippen LogP contribution is 2.24. The lowest BCUT2D eigenvalue weighted by atomic mass is 10.3. The van der Waals surface area contributed by atoms with Crippen molar-refractivity contribution in [2.45, 2.75) is 25.3 Å². The van der Waals surface area contributed by atoms with E-state index in [0.29, 0.717) is 10.5 Å². The van der Waals surface area contributed by atoms with Crippen LogP contribution in [0.3, 0.4) is 0 Å². The summed E-state index contributed by atoms with van der Waals surface area (Å²) < 4.78 is 8.13. The highest BCUT2D eigenvalue weighted by Gasteiger charge is 2.12. The molecule has 2 heterocycles. The number of thiazole rings is 1. The van der Waals surface area contributed by atoms with Crippen LogP contribution in [0.4, 0.5) is 0 Å². The fourth-order valence-electron chi connectivity index (χ4n) is 2.18. The number of carbonyl (C=O) groups is 1. The molecular weight excluding hydrogens is 318 g/mol. The molecule has 22 heavy (non-hydrogen) atoms. The Morgan fingerprint density at radius 2 is 2.27 bits per heavy atom. The molecule has 0 spiro atoms. The summed E-state index contributed by atoms with van der Waals surface area (Å²) in [5, 5.41) is 3.73. The number of amides is 1. The second kappa shape index (κ2) is 6.10. The summed E-state index contributed by atoms with van der Waals surface area (Å²) in [6.45, 7) is 4.56. The number of carbonyl (C=O) groups excluding carboxylic acids is 1. The number of aromatic nitrogens is 2. The molecule has 0 saturated carbocycles. The molecule has 0 saturated heterocycles. The maximum Gasteiger partial charge on any atom is 0.318 e. The van der Waals surface area contributed by atoms with Crippen LogP contribution in [0.25, 0.3) is 10.2 Å². The van der Waals surface area contributed by atoms with Crippen LogP contribution in [0.5, 0.6) is 0 Å². The van der Waals surface area contributed by atoms with Crippen molar-refractivity contribution in [3.63, 3.8) is 0 Å². The minimum absolute atomic E-state index is 0.169. The third kappa shape index (κ3) is 2.74. The van der Waals surface area contributed by atoms with Gasteiger partial charge in [0.05, 0.1) is 15.9 Å². The molecule has 3 aromatic rings. The van der Waals surface area contributed by atoms with E-state index in [-0.39, 0.29) is 5.76 Å². The SMILES string of the molecule is CCn1c(=NC(=O)c2cc(C)no2)sc2cc(SC)ccc21. The van der Waals surface area contributed by atoms with E-state index in [9.17, 15) is 4.79 Å². The van der Waals surface area contributed by atoms with E-state index in [0.717, 1.165) is 16.8 Å². The van der Waals surface area contributed by atoms with E-state index >= 15 is 0 Å². The molecule has 5 nitrogen and oxygen atoms in total. The second-order valence-electron chi connectivity index (χ2n) is 4.71. The molecule has 1 amide bonds. The van der Waals surface area contributed by atoms with Gasteiger partial charge in [-0.15, -0.1) is 11.8 Å². The van der Waals surface area contributed by atoms with Crippen molar-refractivity contribution in [2.75, 3.05) is 6.26 Å². The Bertz CT molecular complexity index is 905. The number of nitrogens with zero attached hydrogens (tertiary/aromatic N) is 3. The van der Waals surface area contributed by atoms with Crippen molar-refractivity contribution in [3.05, 3.63) is 40.5 Å². The Labute approximate surface area is 135 Å². The van der Waals surface area contributed by atoms with Crippen LogP contribution in [-0.4, -0.2) is 21.9 Å². The number of benzene rings is 1. The minimum Gasteiger partial charge on any atom is -0.351 e. The Hall–Kier alpha value is -1.86. The van der Waals surface area contributed by atoms with Gasteiger partial charge in [-0.05, 0) is 38.3 Å². The van der Waals surface area contributed by atoms with Crippen molar-refractivity contribution in [1.82, 2.24) is 9.72 Å². The molecule has 0 radical (unpaired) electrons. The molecule has 0 aliphatic carbocycles. The van der Waals surface area contributed by atoms with Crippen molar-refractivity contribution < 1.29 is 9.32 Å². The smallest absolute Gasteiger partial charge is 0.318 e. The molecule has 0 unspecified atom stereocenters. The Morgan fingerprint density at radius 3 is 2.91 bits per heavy atom. The highest BCUT2D eigenvalue weighted by atomic mass is 32.2. The fraction of sp³-hybridized carbons (Fsp3) is 0.267. The number of hydrogen-bond acceptors (Lipinski definition) is 5. The minimum atomic E-state index is -0.403. The maximum atomic E-state index is 12.2. The van der Waals surface area contributed by atoms with E-state index < -0.39 is 5.91 Å². The highest BCUT2D eigenvalue weighted by molar-refractivity contribution is 7.98. The van der Waals surface area contributed by atoms with Crippen molar-refractivity contribution in [1.29, 1.82) is 0 Å². The summed E-state index contributed by atoms with van der Waals surface area (Å²) in [5.74, 6) is -0.234. The van der Waals surface area contributed by atoms with E-state index in [1.165, 1.54) is 16.2 Å². The third-order valence-electron chi connectivity index (χ3n) is 3.24. The van der Waals surface area contributed by atoms with Gasteiger partial charge < -0.3 is 9.09 Å². The molecule has 0 aliphatic heterocycles. The van der Waals surface area contributed by atoms with Gasteiger partial charge >= 0.3 is 5.91 Å². The summed E-state index contributed by atoms with van der Waals surface area (Å²) in [7, 11) is 0. The molecule has 0 bridgehead atoms. The van der Waals surface area contributed by atoms with Gasteiger partial charge in [-0.25, -0.2) is 0 Å². The molecule has 3 rings (SSSR count). The monoisotopic (exact) mass is 333 g/mol. The van der Waals surface area contributed by atoms with E-state index in [1.54, 1.807) is 24.8 Å². The zero-order valence-corrected chi connectivity index (χ0v) is 14.1. The summed E-state index contributed by atoms with van der Waals surface area (Å²) in [4.78, 5) is 18.3. The first-order valence-electron chi connectivity index (χ1n) is 6.82. The predicted octanol–water partition coefficient (Wildman–Crippen LogP) is 3.48. The molecule has 0 N–H and O–H groups in total. The zero-order valence-electron chi connectivity index (χ0n) is 12.5. The van der Waals surface area contributed by atoms with Gasteiger partial charge in [-0.2, -0.15) is 4.99 Å². The first-order chi connectivity index (χ1) is 10.6. The largest absolute Gasteiger partial charge is 0.351 e. The van der Waals surface area contributed by atoms with Gasteiger partial charge in [0.15, 0.2) is 4.80 Å². The van der Waals surface area contributed by atoms with E-state index in [2.05, 4.69) is 28.3 Å². The molecule has 0 fully saturated rings. The fourth-order valence-corrected chi connectivity index (χ4v) is 3.82. The van der Waals surface area contributed by atoms with Crippen molar-refractivity contribution in [3.8, 4) is 0 Å². The number of hydrogen-bond donors (Lipinski definition) is 0. The molecule has 7 heteroatoms. The predicted molar refractivity (Wildman–Crippen MR) is 88.4 cm³/mol. The molecule has 2 aromatic heterocycles. The first kappa shape index (κ1) is 15.1. The van der Waals surface area contributed by atoms with Gasteiger partial charge in [0.25, 0.3) is 0 Å². The van der Waals surface area contributed by atoms with Gasteiger partial charge in [0, 0.05) is 17.5 Å². The van der Waals surface area contributed by atoms with Gasteiger partial charge in [-0.1, -0.05) is 16.5 Å². The summed E-state index contributed by atoms with van der Waals surface area (Å²) in [6, 6.07) is 7.88. The third-order valence-corrected chi connectivity index (χ3v) is 5.01. The number of aryl methyl sites for hydroxylation is 2. The molecular formula is C15H15N3O2S2. The summed E-state index contributed by atoms with van der Waals surface area (Å²) in [6.07, 6.45) is 2.05. The topological polar surface area (TPSA) is 60.4 Å². The number of thioether (sulfide) groups is 1. The molecule has 1 aromatic carbocycles. The number of fused-ring (bicyclic) bond motifs is 1. The normalized spacial score (nSPS) is 12.2. The first-order valence-corrected chi connectivity index (χ1v) is 8.86. The zero-order chi connectivity index (χ0) is 15.7. The van der Waals surface area contributed by atoms with E-state index in [1.807, 2.05) is 17.7 Å². The van der Waals surface area contributed by atoms with Crippen molar-refractivity contribution in [2.24, 2.45) is 4.99 Å². The van der Waals surface area contributed by atoms with Crippen LogP contribution in [-0.2, 0) is 6.54 Å². The van der Waals surface area contributed by atoms with Crippen LogP contribution in [0.1, 0.15) is 23.2 Å². The van der Waals surface area contributed by atoms with Gasteiger partial charge in [0.2, 0.25) is 5.76 Å². The quantitative estimate of drug-likeness (QED) is 0.689. The molecule has 114 valence electrons. The average molecular weight is 333 g/mol. The maximum absolute atomic E-state index is 12.2. The van der Waals surface area contributed by atoms with E-state index in [4.69, 9.17) is 4.52 Å². The Morgan fingerprint density at radius 1 is 1.45 bits per heavy atom. The summed E-state index contributed by atoms with van der Waals surface area (Å²) in [5.41, 5.74) is 1.76. The second-order valence-corrected chi connectivity index (χ2v) is 6.60. The van der Waals surface area contributed by atoms with Crippen LogP contribution in [0.15, 0.2) is 38.7 Å². The number of rotatable bonds is 3. The lowest BCUT2D eigenvalue weighted by molar-refractivity contribution is 0.0962. The summed E-state index contributed by atoms with van der Waals surface area (Å²) >= 11 is 3.20. The average Bonchev–Trinajstić information content (AvgIpc) is 3.09. The standard InChI is InChI=1S/C15H15N3O2S2/c1-4-18-11-6-5-10(21-3)8-13(11)22-15(18)16-14(19)12-7-9(2)17-20-12/h5-8H,4H2,1-3H3. The van der Waals surface area contributed by atoms with Crippen LogP contribution >= 0.6 is 23.1 Å². The van der Waals surface area contributed by atoms with Crippen molar-refractivity contribution >= 4 is 39.2 Å². The molecule has 0 aliphatic rings. The molecule has 0 atom stereocenters. The van der Waals surface area contributed by atoms with Gasteiger partial charge in [-0.3, -0.25) is 4.79 Å².